The van der Waals surface area contributed by atoms with Crippen LogP contribution in [-0.2, 0) is 13.6 Å². The van der Waals surface area contributed by atoms with Gasteiger partial charge in [0.2, 0.25) is 0 Å². The first-order valence-corrected chi connectivity index (χ1v) is 6.72. The molecule has 16 heavy (non-hydrogen) atoms. The molecule has 0 aliphatic rings. The maximum absolute atomic E-state index is 4.43. The molecule has 1 rings (SSSR count). The van der Waals surface area contributed by atoms with E-state index in [2.05, 4.69) is 46.7 Å². The van der Waals surface area contributed by atoms with Crippen molar-refractivity contribution in [3.05, 3.63) is 15.9 Å². The normalized spacial score (nSPS) is 13.4. The van der Waals surface area contributed by atoms with E-state index in [0.29, 0.717) is 6.04 Å². The fourth-order valence-electron chi connectivity index (χ4n) is 1.88. The Morgan fingerprint density at radius 1 is 1.44 bits per heavy atom. The molecule has 0 aliphatic carbocycles. The summed E-state index contributed by atoms with van der Waals surface area (Å²) in [4.78, 5) is 2.47. The first-order valence-electron chi connectivity index (χ1n) is 5.93. The van der Waals surface area contributed by atoms with E-state index in [1.54, 1.807) is 0 Å². The number of hydrogen-bond donors (Lipinski definition) is 0. The summed E-state index contributed by atoms with van der Waals surface area (Å²) in [6, 6.07) is 0.618. The van der Waals surface area contributed by atoms with Crippen LogP contribution < -0.4 is 0 Å². The standard InChI is InChI=1S/C12H22BrN3/c1-6-9(3)16(7-2)8-11-12(13)10(4)14-15(11)5/h9H,6-8H2,1-5H3. The van der Waals surface area contributed by atoms with Gasteiger partial charge in [-0.25, -0.2) is 0 Å². The third kappa shape index (κ3) is 2.86. The Kier molecular flexibility index (Phi) is 4.99. The lowest BCUT2D eigenvalue weighted by Crippen LogP contribution is -2.32. The van der Waals surface area contributed by atoms with Crippen LogP contribution >= 0.6 is 15.9 Å². The minimum Gasteiger partial charge on any atom is -0.295 e. The van der Waals surface area contributed by atoms with Gasteiger partial charge in [-0.1, -0.05) is 13.8 Å². The van der Waals surface area contributed by atoms with Gasteiger partial charge in [-0.05, 0) is 42.7 Å². The molecule has 1 aromatic heterocycles. The second-order valence-electron chi connectivity index (χ2n) is 4.29. The van der Waals surface area contributed by atoms with Crippen LogP contribution in [0.3, 0.4) is 0 Å². The fourth-order valence-corrected chi connectivity index (χ4v) is 2.34. The molecule has 1 heterocycles. The second kappa shape index (κ2) is 5.82. The molecule has 0 N–H and O–H groups in total. The van der Waals surface area contributed by atoms with Crippen molar-refractivity contribution in [2.75, 3.05) is 6.54 Å². The van der Waals surface area contributed by atoms with Crippen LogP contribution in [0.4, 0.5) is 0 Å². The van der Waals surface area contributed by atoms with Crippen molar-refractivity contribution in [2.24, 2.45) is 7.05 Å². The van der Waals surface area contributed by atoms with E-state index in [4.69, 9.17) is 0 Å². The minimum atomic E-state index is 0.618. The lowest BCUT2D eigenvalue weighted by Gasteiger charge is -2.26. The number of aryl methyl sites for hydroxylation is 2. The predicted octanol–water partition coefficient (Wildman–Crippen LogP) is 3.11. The maximum atomic E-state index is 4.43. The van der Waals surface area contributed by atoms with E-state index in [0.717, 1.165) is 23.3 Å². The molecule has 3 nitrogen and oxygen atoms in total. The molecule has 0 aromatic carbocycles. The van der Waals surface area contributed by atoms with Gasteiger partial charge in [-0.2, -0.15) is 5.10 Å². The Bertz CT molecular complexity index is 346. The van der Waals surface area contributed by atoms with Crippen LogP contribution in [0, 0.1) is 6.92 Å². The SMILES string of the molecule is CCC(C)N(CC)Cc1c(Br)c(C)nn1C. The Morgan fingerprint density at radius 3 is 2.44 bits per heavy atom. The quantitative estimate of drug-likeness (QED) is 0.830. The first kappa shape index (κ1) is 13.7. The highest BCUT2D eigenvalue weighted by atomic mass is 79.9. The third-order valence-electron chi connectivity index (χ3n) is 3.23. The van der Waals surface area contributed by atoms with Crippen molar-refractivity contribution < 1.29 is 0 Å². The summed E-state index contributed by atoms with van der Waals surface area (Å²) in [5, 5.41) is 4.43. The average molecular weight is 288 g/mol. The summed E-state index contributed by atoms with van der Waals surface area (Å²) in [6.45, 7) is 10.8. The van der Waals surface area contributed by atoms with Gasteiger partial charge < -0.3 is 0 Å². The van der Waals surface area contributed by atoms with Gasteiger partial charge in [0, 0.05) is 19.6 Å². The molecule has 0 amide bonds. The molecule has 1 aromatic rings. The number of halogens is 1. The molecule has 1 atom stereocenters. The topological polar surface area (TPSA) is 21.1 Å². The van der Waals surface area contributed by atoms with E-state index < -0.39 is 0 Å². The third-order valence-corrected chi connectivity index (χ3v) is 4.27. The molecule has 92 valence electrons. The van der Waals surface area contributed by atoms with Crippen molar-refractivity contribution in [3.8, 4) is 0 Å². The molecule has 0 bridgehead atoms. The number of rotatable bonds is 5. The van der Waals surface area contributed by atoms with Crippen LogP contribution in [0.15, 0.2) is 4.47 Å². The summed E-state index contributed by atoms with van der Waals surface area (Å²) in [7, 11) is 2.01. The highest BCUT2D eigenvalue weighted by Gasteiger charge is 2.16. The van der Waals surface area contributed by atoms with Gasteiger partial charge in [0.05, 0.1) is 15.9 Å². The Balaban J connectivity index is 2.85. The van der Waals surface area contributed by atoms with Crippen LogP contribution in [0.2, 0.25) is 0 Å². The second-order valence-corrected chi connectivity index (χ2v) is 5.08. The van der Waals surface area contributed by atoms with Crippen LogP contribution in [-0.4, -0.2) is 27.3 Å². The van der Waals surface area contributed by atoms with Crippen LogP contribution in [0.25, 0.3) is 0 Å². The highest BCUT2D eigenvalue weighted by Crippen LogP contribution is 2.22. The average Bonchev–Trinajstić information content (AvgIpc) is 2.50. The Morgan fingerprint density at radius 2 is 2.06 bits per heavy atom. The van der Waals surface area contributed by atoms with Crippen LogP contribution in [0.1, 0.15) is 38.6 Å². The van der Waals surface area contributed by atoms with E-state index in [1.165, 1.54) is 12.1 Å². The molecule has 0 radical (unpaired) electrons. The number of hydrogen-bond acceptors (Lipinski definition) is 2. The zero-order valence-corrected chi connectivity index (χ0v) is 12.5. The van der Waals surface area contributed by atoms with E-state index in [1.807, 2.05) is 18.7 Å². The molecule has 0 aliphatic heterocycles. The summed E-state index contributed by atoms with van der Waals surface area (Å²) in [5.74, 6) is 0. The van der Waals surface area contributed by atoms with Gasteiger partial charge in [0.1, 0.15) is 0 Å². The van der Waals surface area contributed by atoms with Gasteiger partial charge in [0.25, 0.3) is 0 Å². The molecule has 0 fully saturated rings. The molecule has 0 saturated carbocycles. The van der Waals surface area contributed by atoms with Gasteiger partial charge in [0.15, 0.2) is 0 Å². The van der Waals surface area contributed by atoms with Crippen molar-refractivity contribution >= 4 is 15.9 Å². The predicted molar refractivity (Wildman–Crippen MR) is 71.5 cm³/mol. The zero-order valence-electron chi connectivity index (χ0n) is 10.9. The van der Waals surface area contributed by atoms with Crippen molar-refractivity contribution in [3.63, 3.8) is 0 Å². The highest BCUT2D eigenvalue weighted by molar-refractivity contribution is 9.10. The van der Waals surface area contributed by atoms with E-state index in [-0.39, 0.29) is 0 Å². The van der Waals surface area contributed by atoms with Gasteiger partial charge >= 0.3 is 0 Å². The molecule has 1 unspecified atom stereocenters. The van der Waals surface area contributed by atoms with Crippen LogP contribution in [0.5, 0.6) is 0 Å². The molecule has 4 heteroatoms. The monoisotopic (exact) mass is 287 g/mol. The summed E-state index contributed by atoms with van der Waals surface area (Å²) < 4.78 is 3.13. The maximum Gasteiger partial charge on any atom is 0.0739 e. The van der Waals surface area contributed by atoms with Crippen molar-refractivity contribution in [1.29, 1.82) is 0 Å². The summed E-state index contributed by atoms with van der Waals surface area (Å²) in [5.41, 5.74) is 2.33. The lowest BCUT2D eigenvalue weighted by molar-refractivity contribution is 0.200. The lowest BCUT2D eigenvalue weighted by atomic mass is 10.2. The zero-order chi connectivity index (χ0) is 12.3. The summed E-state index contributed by atoms with van der Waals surface area (Å²) >= 11 is 3.62. The van der Waals surface area contributed by atoms with E-state index >= 15 is 0 Å². The molecule has 0 spiro atoms. The van der Waals surface area contributed by atoms with E-state index in [9.17, 15) is 0 Å². The number of aromatic nitrogens is 2. The van der Waals surface area contributed by atoms with Gasteiger partial charge in [-0.3, -0.25) is 9.58 Å². The molecular weight excluding hydrogens is 266 g/mol. The molecular formula is C12H22BrN3. The largest absolute Gasteiger partial charge is 0.295 e. The van der Waals surface area contributed by atoms with Gasteiger partial charge in [-0.15, -0.1) is 0 Å². The Hall–Kier alpha value is -0.350. The molecule has 0 saturated heterocycles. The minimum absolute atomic E-state index is 0.618. The fraction of sp³-hybridized carbons (Fsp3) is 0.750. The van der Waals surface area contributed by atoms with Crippen molar-refractivity contribution in [2.45, 2.75) is 46.7 Å². The Labute approximate surface area is 107 Å². The first-order chi connectivity index (χ1) is 7.51. The summed E-state index contributed by atoms with van der Waals surface area (Å²) in [6.07, 6.45) is 1.18. The smallest absolute Gasteiger partial charge is 0.0739 e. The van der Waals surface area contributed by atoms with Crippen molar-refractivity contribution in [1.82, 2.24) is 14.7 Å². The number of nitrogens with zero attached hydrogens (tertiary/aromatic N) is 3.